The zero-order chi connectivity index (χ0) is 14.2. The molecular weight excluding hydrogens is 264 g/mol. The van der Waals surface area contributed by atoms with Crippen molar-refractivity contribution < 1.29 is 13.5 Å². The molecule has 1 saturated carbocycles. The summed E-state index contributed by atoms with van der Waals surface area (Å²) in [5.74, 6) is 0. The van der Waals surface area contributed by atoms with Crippen molar-refractivity contribution >= 4 is 15.7 Å². The van der Waals surface area contributed by atoms with Gasteiger partial charge in [0, 0.05) is 12.6 Å². The van der Waals surface area contributed by atoms with E-state index in [0.717, 1.165) is 18.4 Å². The van der Waals surface area contributed by atoms with E-state index >= 15 is 0 Å². The van der Waals surface area contributed by atoms with Crippen LogP contribution in [-0.2, 0) is 10.0 Å². The minimum absolute atomic E-state index is 0.0106. The van der Waals surface area contributed by atoms with Gasteiger partial charge in [-0.2, -0.15) is 4.31 Å². The molecule has 0 aromatic heterocycles. The standard InChI is InChI=1S/C13H20N2O3S/c1-9-3-4-10(2)13(12(9)14)19(17,18)15(7-8-16)11-5-6-11/h3-4,11,16H,5-8,14H2,1-2H3. The van der Waals surface area contributed by atoms with E-state index in [1.807, 2.05) is 6.07 Å². The van der Waals surface area contributed by atoms with Gasteiger partial charge in [-0.3, -0.25) is 0 Å². The first-order valence-electron chi connectivity index (χ1n) is 6.38. The molecule has 0 amide bonds. The molecule has 0 spiro atoms. The average molecular weight is 284 g/mol. The van der Waals surface area contributed by atoms with Crippen molar-refractivity contribution in [1.29, 1.82) is 0 Å². The molecule has 1 aliphatic rings. The largest absolute Gasteiger partial charge is 0.397 e. The summed E-state index contributed by atoms with van der Waals surface area (Å²) in [7, 11) is -3.64. The number of aliphatic hydroxyl groups excluding tert-OH is 1. The lowest BCUT2D eigenvalue weighted by molar-refractivity contribution is 0.250. The van der Waals surface area contributed by atoms with Crippen molar-refractivity contribution in [1.82, 2.24) is 4.31 Å². The van der Waals surface area contributed by atoms with Gasteiger partial charge in [0.05, 0.1) is 12.3 Å². The second-order valence-corrected chi connectivity index (χ2v) is 6.84. The molecule has 0 unspecified atom stereocenters. The molecule has 106 valence electrons. The summed E-state index contributed by atoms with van der Waals surface area (Å²) in [5, 5.41) is 9.08. The number of aryl methyl sites for hydroxylation is 2. The number of rotatable bonds is 5. The summed E-state index contributed by atoms with van der Waals surface area (Å²) in [6.45, 7) is 3.48. The third kappa shape index (κ3) is 2.61. The van der Waals surface area contributed by atoms with Gasteiger partial charge in [0.15, 0.2) is 0 Å². The van der Waals surface area contributed by atoms with Crippen molar-refractivity contribution in [2.24, 2.45) is 0 Å². The van der Waals surface area contributed by atoms with Crippen molar-refractivity contribution in [2.75, 3.05) is 18.9 Å². The Kier molecular flexibility index (Phi) is 3.85. The normalized spacial score (nSPS) is 16.0. The number of anilines is 1. The molecule has 1 fully saturated rings. The van der Waals surface area contributed by atoms with Crippen LogP contribution < -0.4 is 5.73 Å². The first kappa shape index (κ1) is 14.3. The quantitative estimate of drug-likeness (QED) is 0.791. The van der Waals surface area contributed by atoms with Crippen LogP contribution >= 0.6 is 0 Å². The van der Waals surface area contributed by atoms with Crippen LogP contribution in [0.3, 0.4) is 0 Å². The summed E-state index contributed by atoms with van der Waals surface area (Å²) in [6.07, 6.45) is 1.70. The van der Waals surface area contributed by atoms with E-state index in [1.54, 1.807) is 19.9 Å². The first-order valence-corrected chi connectivity index (χ1v) is 7.82. The zero-order valence-corrected chi connectivity index (χ0v) is 12.1. The number of nitrogens with zero attached hydrogens (tertiary/aromatic N) is 1. The van der Waals surface area contributed by atoms with Crippen LogP contribution in [0.25, 0.3) is 0 Å². The van der Waals surface area contributed by atoms with Crippen molar-refractivity contribution in [2.45, 2.75) is 37.6 Å². The van der Waals surface area contributed by atoms with E-state index < -0.39 is 10.0 Å². The highest BCUT2D eigenvalue weighted by Crippen LogP contribution is 2.35. The van der Waals surface area contributed by atoms with Gasteiger partial charge in [0.25, 0.3) is 0 Å². The molecule has 0 radical (unpaired) electrons. The zero-order valence-electron chi connectivity index (χ0n) is 11.3. The van der Waals surface area contributed by atoms with Gasteiger partial charge in [0.1, 0.15) is 4.90 Å². The lowest BCUT2D eigenvalue weighted by Gasteiger charge is -2.23. The van der Waals surface area contributed by atoms with E-state index in [4.69, 9.17) is 10.8 Å². The molecule has 2 rings (SSSR count). The summed E-state index contributed by atoms with van der Waals surface area (Å²) in [4.78, 5) is 0.188. The minimum Gasteiger partial charge on any atom is -0.397 e. The van der Waals surface area contributed by atoms with Gasteiger partial charge in [-0.05, 0) is 37.8 Å². The fourth-order valence-electron chi connectivity index (χ4n) is 2.23. The van der Waals surface area contributed by atoms with Gasteiger partial charge < -0.3 is 10.8 Å². The predicted octanol–water partition coefficient (Wildman–Crippen LogP) is 1.03. The van der Waals surface area contributed by atoms with E-state index in [0.29, 0.717) is 11.3 Å². The average Bonchev–Trinajstić information content (AvgIpc) is 3.15. The monoisotopic (exact) mass is 284 g/mol. The fraction of sp³-hybridized carbons (Fsp3) is 0.538. The number of nitrogens with two attached hydrogens (primary N) is 1. The summed E-state index contributed by atoms with van der Waals surface area (Å²) in [5.41, 5.74) is 7.66. The molecule has 0 atom stereocenters. The highest BCUT2D eigenvalue weighted by molar-refractivity contribution is 7.89. The first-order chi connectivity index (χ1) is 8.89. The number of benzene rings is 1. The molecule has 0 aliphatic heterocycles. The van der Waals surface area contributed by atoms with Gasteiger partial charge in [0.2, 0.25) is 10.0 Å². The maximum absolute atomic E-state index is 12.7. The van der Waals surface area contributed by atoms with Crippen molar-refractivity contribution in [3.05, 3.63) is 23.3 Å². The number of hydrogen-bond donors (Lipinski definition) is 2. The lowest BCUT2D eigenvalue weighted by Crippen LogP contribution is -2.36. The third-order valence-electron chi connectivity index (χ3n) is 3.45. The number of hydrogen-bond acceptors (Lipinski definition) is 4. The number of nitrogen functional groups attached to an aromatic ring is 1. The molecule has 6 heteroatoms. The molecule has 5 nitrogen and oxygen atoms in total. The van der Waals surface area contributed by atoms with Gasteiger partial charge in [-0.15, -0.1) is 0 Å². The smallest absolute Gasteiger partial charge is 0.245 e. The summed E-state index contributed by atoms with van der Waals surface area (Å²) >= 11 is 0. The highest BCUT2D eigenvalue weighted by atomic mass is 32.2. The van der Waals surface area contributed by atoms with Crippen LogP contribution in [-0.4, -0.2) is 37.0 Å². The Hall–Kier alpha value is -1.11. The third-order valence-corrected chi connectivity index (χ3v) is 5.61. The van der Waals surface area contributed by atoms with Gasteiger partial charge in [-0.25, -0.2) is 8.42 Å². The fourth-order valence-corrected chi connectivity index (χ4v) is 4.30. The van der Waals surface area contributed by atoms with E-state index in [1.165, 1.54) is 4.31 Å². The second kappa shape index (κ2) is 5.11. The number of sulfonamides is 1. The van der Waals surface area contributed by atoms with Crippen LogP contribution in [0.4, 0.5) is 5.69 Å². The van der Waals surface area contributed by atoms with Crippen LogP contribution in [0, 0.1) is 13.8 Å². The molecule has 3 N–H and O–H groups in total. The van der Waals surface area contributed by atoms with Crippen LogP contribution in [0.15, 0.2) is 17.0 Å². The Bertz CT molecular complexity index is 580. The van der Waals surface area contributed by atoms with Crippen LogP contribution in [0.2, 0.25) is 0 Å². The Morgan fingerprint density at radius 3 is 2.42 bits per heavy atom. The van der Waals surface area contributed by atoms with E-state index in [-0.39, 0.29) is 24.1 Å². The molecule has 19 heavy (non-hydrogen) atoms. The molecular formula is C13H20N2O3S. The molecule has 1 aromatic carbocycles. The van der Waals surface area contributed by atoms with Gasteiger partial charge >= 0.3 is 0 Å². The maximum atomic E-state index is 12.7. The molecule has 0 bridgehead atoms. The Balaban J connectivity index is 2.52. The minimum atomic E-state index is -3.64. The van der Waals surface area contributed by atoms with E-state index in [2.05, 4.69) is 0 Å². The topological polar surface area (TPSA) is 83.6 Å². The SMILES string of the molecule is Cc1ccc(C)c(S(=O)(=O)N(CCO)C2CC2)c1N. The van der Waals surface area contributed by atoms with Crippen molar-refractivity contribution in [3.63, 3.8) is 0 Å². The maximum Gasteiger partial charge on any atom is 0.245 e. The van der Waals surface area contributed by atoms with Crippen LogP contribution in [0.1, 0.15) is 24.0 Å². The lowest BCUT2D eigenvalue weighted by atomic mass is 10.1. The Morgan fingerprint density at radius 2 is 1.89 bits per heavy atom. The molecule has 0 heterocycles. The van der Waals surface area contributed by atoms with E-state index in [9.17, 15) is 8.42 Å². The Morgan fingerprint density at radius 1 is 1.32 bits per heavy atom. The Labute approximate surface area is 114 Å². The summed E-state index contributed by atoms with van der Waals surface area (Å²) < 4.78 is 26.8. The molecule has 1 aliphatic carbocycles. The second-order valence-electron chi connectivity index (χ2n) is 5.01. The predicted molar refractivity (Wildman–Crippen MR) is 74.3 cm³/mol. The number of aliphatic hydroxyl groups is 1. The van der Waals surface area contributed by atoms with Crippen molar-refractivity contribution in [3.8, 4) is 0 Å². The molecule has 1 aromatic rings. The van der Waals surface area contributed by atoms with Crippen LogP contribution in [0.5, 0.6) is 0 Å². The van der Waals surface area contributed by atoms with Gasteiger partial charge in [-0.1, -0.05) is 12.1 Å². The molecule has 0 saturated heterocycles. The summed E-state index contributed by atoms with van der Waals surface area (Å²) in [6, 6.07) is 3.59. The highest BCUT2D eigenvalue weighted by Gasteiger charge is 2.39.